The van der Waals surface area contributed by atoms with Crippen molar-refractivity contribution in [3.8, 4) is 11.8 Å². The molecule has 0 radical (unpaired) electrons. The number of nitrogens with zero attached hydrogens (tertiary/aromatic N) is 4. The predicted molar refractivity (Wildman–Crippen MR) is 117 cm³/mol. The fourth-order valence-corrected chi connectivity index (χ4v) is 6.87. The van der Waals surface area contributed by atoms with Crippen LogP contribution in [0.5, 0.6) is 0 Å². The molecule has 1 fully saturated rings. The Bertz CT molecular complexity index is 1340. The molecule has 36 heavy (non-hydrogen) atoms. The number of rotatable bonds is 9. The molecule has 21 heteroatoms. The van der Waals surface area contributed by atoms with Gasteiger partial charge in [-0.3, -0.25) is 9.09 Å². The van der Waals surface area contributed by atoms with Crippen molar-refractivity contribution < 1.29 is 61.4 Å². The number of ether oxygens (including phenoxy) is 1. The highest BCUT2D eigenvalue weighted by molar-refractivity contribution is 7.66. The molecular weight excluding hydrogens is 551 g/mol. The molecule has 1 aliphatic rings. The van der Waals surface area contributed by atoms with E-state index >= 15 is 0 Å². The van der Waals surface area contributed by atoms with Crippen LogP contribution in [0.25, 0.3) is 11.2 Å². The van der Waals surface area contributed by atoms with Crippen LogP contribution in [0.4, 0.5) is 5.95 Å². The van der Waals surface area contributed by atoms with Crippen LogP contribution in [0.15, 0.2) is 12.5 Å². The van der Waals surface area contributed by atoms with Crippen molar-refractivity contribution in [3.63, 3.8) is 0 Å². The lowest BCUT2D eigenvalue weighted by atomic mass is 9.84. The van der Waals surface area contributed by atoms with Crippen LogP contribution in [0.2, 0.25) is 0 Å². The number of aliphatic hydroxyl groups excluding tert-OH is 1. The Labute approximate surface area is 202 Å². The van der Waals surface area contributed by atoms with Gasteiger partial charge in [-0.25, -0.2) is 23.7 Å². The maximum Gasteiger partial charge on any atom is 0.490 e. The minimum absolute atomic E-state index is 0.122. The van der Waals surface area contributed by atoms with E-state index in [1.807, 2.05) is 0 Å². The van der Waals surface area contributed by atoms with Gasteiger partial charge in [0.2, 0.25) is 5.95 Å². The molecule has 2 aromatic heterocycles. The number of nitrogens with two attached hydrogens (primary N) is 1. The summed E-state index contributed by atoms with van der Waals surface area (Å²) in [6.07, 6.45) is -1.84. The second-order valence-corrected chi connectivity index (χ2v) is 11.8. The molecule has 0 amide bonds. The molecule has 0 spiro atoms. The molecule has 200 valence electrons. The first-order chi connectivity index (χ1) is 16.5. The Morgan fingerprint density at radius 1 is 1.22 bits per heavy atom. The number of phosphoric acid groups is 3. The van der Waals surface area contributed by atoms with Crippen molar-refractivity contribution in [2.45, 2.75) is 37.9 Å². The summed E-state index contributed by atoms with van der Waals surface area (Å²) in [7, 11) is -16.9. The third-order valence-electron chi connectivity index (χ3n) is 4.91. The molecule has 0 aromatic carbocycles. The van der Waals surface area contributed by atoms with Gasteiger partial charge in [0.1, 0.15) is 5.52 Å². The van der Waals surface area contributed by atoms with Crippen LogP contribution >= 0.6 is 23.5 Å². The molecule has 0 bridgehead atoms. The summed E-state index contributed by atoms with van der Waals surface area (Å²) in [4.78, 5) is 48.5. The summed E-state index contributed by atoms with van der Waals surface area (Å²) in [6.45, 7) is 1.76. The van der Waals surface area contributed by atoms with Crippen molar-refractivity contribution in [2.24, 2.45) is 5.92 Å². The number of nitrogen functional groups attached to an aromatic ring is 1. The number of hydrogen-bond acceptors (Lipinski definition) is 13. The summed E-state index contributed by atoms with van der Waals surface area (Å²) in [6, 6.07) is 0. The Balaban J connectivity index is 1.93. The van der Waals surface area contributed by atoms with Gasteiger partial charge in [-0.1, -0.05) is 5.92 Å². The number of aliphatic hydroxyl groups is 2. The SMILES string of the molecule is CC#CC1(O)C(CO)[C@@H]([C@@H](C)OP(=O)(O)OP(=O)(O)OP(=O)(O)O)O[C@H]1n1cnc2cnc(N)nc21. The van der Waals surface area contributed by atoms with Gasteiger partial charge in [0.15, 0.2) is 17.5 Å². The maximum atomic E-state index is 12.3. The smallest absolute Gasteiger partial charge is 0.396 e. The van der Waals surface area contributed by atoms with E-state index in [9.17, 15) is 33.7 Å². The summed E-state index contributed by atoms with van der Waals surface area (Å²) >= 11 is 0. The normalized spacial score (nSPS) is 28.7. The molecular formula is C15H22N5O13P3. The zero-order chi connectivity index (χ0) is 27.1. The fraction of sp³-hybridized carbons (Fsp3) is 0.533. The standard InChI is InChI=1S/C15H22N5O13P3/c1-3-4-15(22)9(6-21)11(8(2)31-35(26,27)33-36(28,29)32-34(23,24)25)30-13(15)20-7-18-10-5-17-14(16)19-12(10)20/h5,7-9,11,13,21-22H,6H2,1-2H3,(H,26,27)(H,28,29)(H2,16,17,19)(H2,23,24,25)/t8-,9?,11-,13-,15?/m1/s1. The van der Waals surface area contributed by atoms with Gasteiger partial charge in [-0.05, 0) is 13.8 Å². The lowest BCUT2D eigenvalue weighted by Gasteiger charge is -2.29. The molecule has 7 atom stereocenters. The largest absolute Gasteiger partial charge is 0.490 e. The highest BCUT2D eigenvalue weighted by atomic mass is 31.3. The third kappa shape index (κ3) is 6.18. The van der Waals surface area contributed by atoms with Gasteiger partial charge in [-0.15, -0.1) is 5.92 Å². The summed E-state index contributed by atoms with van der Waals surface area (Å²) < 4.78 is 54.0. The average Bonchev–Trinajstić information content (AvgIpc) is 3.22. The summed E-state index contributed by atoms with van der Waals surface area (Å²) in [5, 5.41) is 21.5. The molecule has 0 aliphatic carbocycles. The Morgan fingerprint density at radius 3 is 2.47 bits per heavy atom. The van der Waals surface area contributed by atoms with Crippen LogP contribution in [0.3, 0.4) is 0 Å². The predicted octanol–water partition coefficient (Wildman–Crippen LogP) is -0.599. The van der Waals surface area contributed by atoms with E-state index in [4.69, 9.17) is 24.8 Å². The van der Waals surface area contributed by atoms with E-state index in [1.165, 1.54) is 24.0 Å². The second kappa shape index (κ2) is 10.2. The molecule has 18 nitrogen and oxygen atoms in total. The van der Waals surface area contributed by atoms with Gasteiger partial charge in [0, 0.05) is 0 Å². The Morgan fingerprint density at radius 2 is 1.89 bits per heavy atom. The fourth-order valence-electron chi connectivity index (χ4n) is 3.67. The zero-order valence-electron chi connectivity index (χ0n) is 18.4. The molecule has 2 aromatic rings. The first-order valence-corrected chi connectivity index (χ1v) is 14.2. The molecule has 3 rings (SSSR count). The zero-order valence-corrected chi connectivity index (χ0v) is 21.1. The van der Waals surface area contributed by atoms with Crippen LogP contribution in [0, 0.1) is 17.8 Å². The topological polar surface area (TPSA) is 279 Å². The van der Waals surface area contributed by atoms with Crippen LogP contribution in [0.1, 0.15) is 20.1 Å². The van der Waals surface area contributed by atoms with E-state index in [2.05, 4.69) is 35.4 Å². The summed E-state index contributed by atoms with van der Waals surface area (Å²) in [5.41, 5.74) is 3.89. The van der Waals surface area contributed by atoms with Crippen molar-refractivity contribution in [2.75, 3.05) is 12.3 Å². The van der Waals surface area contributed by atoms with Gasteiger partial charge in [0.25, 0.3) is 0 Å². The minimum atomic E-state index is -5.77. The molecule has 3 heterocycles. The molecule has 4 unspecified atom stereocenters. The molecule has 8 N–H and O–H groups in total. The average molecular weight is 573 g/mol. The molecule has 1 aliphatic heterocycles. The Hall–Kier alpha value is -1.80. The maximum absolute atomic E-state index is 12.3. The van der Waals surface area contributed by atoms with E-state index in [0.717, 1.165) is 6.92 Å². The van der Waals surface area contributed by atoms with Crippen LogP contribution in [-0.2, 0) is 31.6 Å². The van der Waals surface area contributed by atoms with Crippen molar-refractivity contribution in [3.05, 3.63) is 12.5 Å². The van der Waals surface area contributed by atoms with Gasteiger partial charge in [0.05, 0.1) is 37.3 Å². The monoisotopic (exact) mass is 573 g/mol. The number of anilines is 1. The first-order valence-electron chi connectivity index (χ1n) is 9.72. The van der Waals surface area contributed by atoms with E-state index in [-0.39, 0.29) is 17.1 Å². The number of fused-ring (bicyclic) bond motifs is 1. The minimum Gasteiger partial charge on any atom is -0.396 e. The number of aromatic nitrogens is 4. The van der Waals surface area contributed by atoms with Crippen molar-refractivity contribution >= 4 is 40.6 Å². The van der Waals surface area contributed by atoms with Gasteiger partial charge < -0.3 is 40.3 Å². The lowest BCUT2D eigenvalue weighted by Crippen LogP contribution is -2.45. The van der Waals surface area contributed by atoms with Crippen LogP contribution < -0.4 is 5.73 Å². The van der Waals surface area contributed by atoms with Gasteiger partial charge >= 0.3 is 23.5 Å². The van der Waals surface area contributed by atoms with Crippen molar-refractivity contribution in [1.82, 2.24) is 19.5 Å². The molecule has 0 saturated carbocycles. The second-order valence-electron chi connectivity index (χ2n) is 7.43. The Kier molecular flexibility index (Phi) is 8.12. The summed E-state index contributed by atoms with van der Waals surface area (Å²) in [5.74, 6) is 3.63. The molecule has 1 saturated heterocycles. The lowest BCUT2D eigenvalue weighted by molar-refractivity contribution is -0.0831. The third-order valence-corrected chi connectivity index (χ3v) is 8.84. The highest BCUT2D eigenvalue weighted by Gasteiger charge is 2.58. The number of phosphoric ester groups is 1. The van der Waals surface area contributed by atoms with Crippen molar-refractivity contribution in [1.29, 1.82) is 0 Å². The highest BCUT2D eigenvalue weighted by Crippen LogP contribution is 2.67. The number of imidazole rings is 1. The van der Waals surface area contributed by atoms with E-state index < -0.39 is 60.0 Å². The van der Waals surface area contributed by atoms with E-state index in [1.54, 1.807) is 0 Å². The first kappa shape index (κ1) is 28.8. The van der Waals surface area contributed by atoms with Gasteiger partial charge in [-0.2, -0.15) is 13.6 Å². The van der Waals surface area contributed by atoms with E-state index in [0.29, 0.717) is 0 Å². The van der Waals surface area contributed by atoms with Crippen LogP contribution in [-0.4, -0.2) is 73.7 Å². The number of hydrogen-bond donors (Lipinski definition) is 7. The quantitative estimate of drug-likeness (QED) is 0.146.